The highest BCUT2D eigenvalue weighted by molar-refractivity contribution is 6.30. The zero-order valence-electron chi connectivity index (χ0n) is 14.5. The van der Waals surface area contributed by atoms with E-state index in [2.05, 4.69) is 4.98 Å². The smallest absolute Gasteiger partial charge is 0.255 e. The average Bonchev–Trinajstić information content (AvgIpc) is 2.64. The Hall–Kier alpha value is -1.08. The largest absolute Gasteiger partial charge is 0.393 e. The van der Waals surface area contributed by atoms with Crippen LogP contribution in [0.2, 0.25) is 0 Å². The minimum atomic E-state index is -0.525. The van der Waals surface area contributed by atoms with Crippen molar-refractivity contribution in [1.82, 2.24) is 9.88 Å². The molecular weight excluding hydrogens is 377 g/mol. The Morgan fingerprint density at radius 3 is 2.50 bits per heavy atom. The van der Waals surface area contributed by atoms with Crippen molar-refractivity contribution in [3.8, 4) is 0 Å². The molecule has 1 aromatic heterocycles. The third kappa shape index (κ3) is 4.25. The summed E-state index contributed by atoms with van der Waals surface area (Å²) < 4.78 is 0. The van der Waals surface area contributed by atoms with Crippen molar-refractivity contribution < 1.29 is 9.90 Å². The normalized spacial score (nSPS) is 31.6. The quantitative estimate of drug-likeness (QED) is 0.668. The SMILES string of the molecule is N[C@H](C1CCN(C(=O)c2ccc(=O)[nH]c2)CC1)C1CC(Cl)C(Cl)CC1O. The summed E-state index contributed by atoms with van der Waals surface area (Å²) in [4.78, 5) is 28.0. The summed E-state index contributed by atoms with van der Waals surface area (Å²) in [6, 6.07) is 2.74. The summed E-state index contributed by atoms with van der Waals surface area (Å²) in [5.41, 5.74) is 6.72. The van der Waals surface area contributed by atoms with Crippen LogP contribution in [0, 0.1) is 11.8 Å². The van der Waals surface area contributed by atoms with Crippen molar-refractivity contribution in [3.05, 3.63) is 34.2 Å². The molecule has 26 heavy (non-hydrogen) atoms. The summed E-state index contributed by atoms with van der Waals surface area (Å²) in [5.74, 6) is 0.0979. The van der Waals surface area contributed by atoms with Gasteiger partial charge in [-0.05, 0) is 37.7 Å². The zero-order valence-corrected chi connectivity index (χ0v) is 16.0. The lowest BCUT2D eigenvalue weighted by Gasteiger charge is -2.42. The number of pyridine rings is 1. The molecule has 8 heteroatoms. The van der Waals surface area contributed by atoms with Crippen LogP contribution in [0.25, 0.3) is 0 Å². The number of amides is 1. The predicted molar refractivity (Wildman–Crippen MR) is 102 cm³/mol. The van der Waals surface area contributed by atoms with Gasteiger partial charge < -0.3 is 20.7 Å². The van der Waals surface area contributed by atoms with E-state index in [-0.39, 0.29) is 40.1 Å². The van der Waals surface area contributed by atoms with Crippen molar-refractivity contribution in [2.45, 2.75) is 48.6 Å². The number of alkyl halides is 2. The fourth-order valence-corrected chi connectivity index (χ4v) is 4.69. The molecule has 2 aliphatic rings. The fraction of sp³-hybridized carbons (Fsp3) is 0.667. The maximum absolute atomic E-state index is 12.5. The van der Waals surface area contributed by atoms with Gasteiger partial charge in [-0.3, -0.25) is 9.59 Å². The van der Waals surface area contributed by atoms with Crippen molar-refractivity contribution in [1.29, 1.82) is 0 Å². The summed E-state index contributed by atoms with van der Waals surface area (Å²) in [6.45, 7) is 1.23. The molecule has 6 nitrogen and oxygen atoms in total. The molecule has 3 rings (SSSR count). The molecule has 4 unspecified atom stereocenters. The lowest BCUT2D eigenvalue weighted by Crippen LogP contribution is -2.51. The monoisotopic (exact) mass is 401 g/mol. The average molecular weight is 402 g/mol. The Kier molecular flexibility index (Phi) is 6.28. The molecule has 2 fully saturated rings. The zero-order chi connectivity index (χ0) is 18.8. The maximum atomic E-state index is 12.5. The second-order valence-corrected chi connectivity index (χ2v) is 8.50. The van der Waals surface area contributed by atoms with E-state index in [1.807, 2.05) is 0 Å². The number of nitrogens with one attached hydrogen (secondary N) is 1. The number of aromatic nitrogens is 1. The number of carbonyl (C=O) groups is 1. The number of piperidine rings is 1. The molecular formula is C18H25Cl2N3O3. The van der Waals surface area contributed by atoms with Crippen LogP contribution < -0.4 is 11.3 Å². The summed E-state index contributed by atoms with van der Waals surface area (Å²) in [5, 5.41) is 9.97. The molecule has 1 aliphatic heterocycles. The van der Waals surface area contributed by atoms with Gasteiger partial charge in [0.25, 0.3) is 5.91 Å². The molecule has 1 saturated carbocycles. The lowest BCUT2D eigenvalue weighted by atomic mass is 9.74. The number of H-pyrrole nitrogens is 1. The van der Waals surface area contributed by atoms with E-state index in [0.29, 0.717) is 31.5 Å². The highest BCUT2D eigenvalue weighted by Gasteiger charge is 2.40. The van der Waals surface area contributed by atoms with Crippen molar-refractivity contribution in [3.63, 3.8) is 0 Å². The van der Waals surface area contributed by atoms with Crippen LogP contribution in [0.4, 0.5) is 0 Å². The number of carbonyl (C=O) groups excluding carboxylic acids is 1. The molecule has 1 aliphatic carbocycles. The van der Waals surface area contributed by atoms with Gasteiger partial charge in [0.15, 0.2) is 0 Å². The fourth-order valence-electron chi connectivity index (χ4n) is 4.09. The van der Waals surface area contributed by atoms with E-state index >= 15 is 0 Å². The first-order valence-corrected chi connectivity index (χ1v) is 9.94. The van der Waals surface area contributed by atoms with E-state index in [0.717, 1.165) is 12.8 Å². The van der Waals surface area contributed by atoms with Crippen molar-refractivity contribution >= 4 is 29.1 Å². The third-order valence-electron chi connectivity index (χ3n) is 5.75. The number of nitrogens with two attached hydrogens (primary N) is 1. The highest BCUT2D eigenvalue weighted by atomic mass is 35.5. The minimum Gasteiger partial charge on any atom is -0.393 e. The van der Waals surface area contributed by atoms with Crippen molar-refractivity contribution in [2.75, 3.05) is 13.1 Å². The highest BCUT2D eigenvalue weighted by Crippen LogP contribution is 2.37. The van der Waals surface area contributed by atoms with Crippen LogP contribution in [0.1, 0.15) is 36.0 Å². The Labute approximate surface area is 162 Å². The van der Waals surface area contributed by atoms with Crippen molar-refractivity contribution in [2.24, 2.45) is 17.6 Å². The van der Waals surface area contributed by atoms with E-state index < -0.39 is 6.10 Å². The number of aliphatic hydroxyl groups is 1. The number of rotatable bonds is 3. The molecule has 0 radical (unpaired) electrons. The van der Waals surface area contributed by atoms with Gasteiger partial charge in [0.2, 0.25) is 5.56 Å². The molecule has 5 atom stereocenters. The van der Waals surface area contributed by atoms with E-state index in [1.165, 1.54) is 12.3 Å². The van der Waals surface area contributed by atoms with Gasteiger partial charge in [-0.15, -0.1) is 23.2 Å². The van der Waals surface area contributed by atoms with Crippen LogP contribution >= 0.6 is 23.2 Å². The molecule has 0 aromatic carbocycles. The van der Waals surface area contributed by atoms with Crippen LogP contribution in [0.15, 0.2) is 23.1 Å². The van der Waals surface area contributed by atoms with Gasteiger partial charge in [-0.2, -0.15) is 0 Å². The topological polar surface area (TPSA) is 99.4 Å². The van der Waals surface area contributed by atoms with Crippen LogP contribution in [0.5, 0.6) is 0 Å². The minimum absolute atomic E-state index is 0.0565. The number of aromatic amines is 1. The summed E-state index contributed by atoms with van der Waals surface area (Å²) >= 11 is 12.4. The van der Waals surface area contributed by atoms with Gasteiger partial charge in [-0.1, -0.05) is 0 Å². The Balaban J connectivity index is 1.57. The molecule has 144 valence electrons. The van der Waals surface area contributed by atoms with Gasteiger partial charge in [0.1, 0.15) is 0 Å². The lowest BCUT2D eigenvalue weighted by molar-refractivity contribution is 0.0338. The molecule has 1 aromatic rings. The Morgan fingerprint density at radius 2 is 1.88 bits per heavy atom. The number of hydrogen-bond donors (Lipinski definition) is 3. The van der Waals surface area contributed by atoms with Gasteiger partial charge in [-0.25, -0.2) is 0 Å². The standard InChI is InChI=1S/C18H25Cl2N3O3/c19-13-7-12(15(24)8-14(13)20)17(21)10-3-5-23(6-4-10)18(26)11-1-2-16(25)22-9-11/h1-2,9-10,12-15,17,24H,3-8,21H2,(H,22,25)/t12?,13?,14?,15?,17-/m1/s1. The second-order valence-electron chi connectivity index (χ2n) is 7.38. The molecule has 0 bridgehead atoms. The number of hydrogen-bond acceptors (Lipinski definition) is 4. The van der Waals surface area contributed by atoms with Gasteiger partial charge in [0, 0.05) is 37.3 Å². The first kappa shape index (κ1) is 19.7. The summed E-state index contributed by atoms with van der Waals surface area (Å²) in [7, 11) is 0. The molecule has 1 amide bonds. The molecule has 0 spiro atoms. The number of halogens is 2. The molecule has 1 saturated heterocycles. The van der Waals surface area contributed by atoms with Crippen LogP contribution in [-0.2, 0) is 0 Å². The van der Waals surface area contributed by atoms with E-state index in [4.69, 9.17) is 28.9 Å². The number of likely N-dealkylation sites (tertiary alicyclic amines) is 1. The third-order valence-corrected chi connectivity index (χ3v) is 6.84. The van der Waals surface area contributed by atoms with E-state index in [9.17, 15) is 14.7 Å². The first-order chi connectivity index (χ1) is 12.4. The maximum Gasteiger partial charge on any atom is 0.255 e. The van der Waals surface area contributed by atoms with E-state index in [1.54, 1.807) is 11.0 Å². The number of nitrogens with zero attached hydrogens (tertiary/aromatic N) is 1. The predicted octanol–water partition coefficient (Wildman–Crippen LogP) is 1.54. The van der Waals surface area contributed by atoms with Gasteiger partial charge in [0.05, 0.1) is 22.4 Å². The Morgan fingerprint density at radius 1 is 1.23 bits per heavy atom. The molecule has 2 heterocycles. The van der Waals surface area contributed by atoms with Crippen LogP contribution in [-0.4, -0.2) is 56.9 Å². The van der Waals surface area contributed by atoms with Gasteiger partial charge >= 0.3 is 0 Å². The number of aliphatic hydroxyl groups excluding tert-OH is 1. The first-order valence-electron chi connectivity index (χ1n) is 9.06. The second kappa shape index (κ2) is 8.30. The van der Waals surface area contributed by atoms with Crippen LogP contribution in [0.3, 0.4) is 0 Å². The molecule has 4 N–H and O–H groups in total. The Bertz CT molecular complexity index is 670. The summed E-state index contributed by atoms with van der Waals surface area (Å²) in [6.07, 6.45) is 3.59.